The van der Waals surface area contributed by atoms with E-state index in [1.807, 2.05) is 32.0 Å². The molecule has 0 aromatic heterocycles. The monoisotopic (exact) mass is 286 g/mol. The normalized spacial score (nSPS) is 14.0. The van der Waals surface area contributed by atoms with Crippen LogP contribution >= 0.6 is 0 Å². The molecule has 112 valence electrons. The van der Waals surface area contributed by atoms with Gasteiger partial charge in [0.05, 0.1) is 18.1 Å². The van der Waals surface area contributed by atoms with Crippen LogP contribution in [0.25, 0.3) is 0 Å². The summed E-state index contributed by atoms with van der Waals surface area (Å²) in [7, 11) is 0. The Labute approximate surface area is 126 Å². The topological polar surface area (TPSA) is 62.1 Å². The van der Waals surface area contributed by atoms with Crippen molar-refractivity contribution >= 4 is 11.6 Å². The molecule has 0 saturated heterocycles. The summed E-state index contributed by atoms with van der Waals surface area (Å²) in [5.41, 5.74) is 1.79. The number of rotatable bonds is 6. The Balaban J connectivity index is 1.77. The first-order chi connectivity index (χ1) is 10.00. The van der Waals surface area contributed by atoms with Crippen LogP contribution in [0.5, 0.6) is 5.75 Å². The van der Waals surface area contributed by atoms with Crippen molar-refractivity contribution < 1.29 is 9.53 Å². The second-order valence-electron chi connectivity index (χ2n) is 6.17. The van der Waals surface area contributed by atoms with Crippen LogP contribution in [0, 0.1) is 16.7 Å². The van der Waals surface area contributed by atoms with Crippen molar-refractivity contribution in [3.63, 3.8) is 0 Å². The zero-order valence-corrected chi connectivity index (χ0v) is 12.7. The van der Waals surface area contributed by atoms with Gasteiger partial charge in [0.2, 0.25) is 5.91 Å². The molecule has 0 bridgehead atoms. The quantitative estimate of drug-likeness (QED) is 0.812. The van der Waals surface area contributed by atoms with Crippen LogP contribution in [-0.2, 0) is 11.2 Å². The van der Waals surface area contributed by atoms with Gasteiger partial charge in [-0.1, -0.05) is 0 Å². The van der Waals surface area contributed by atoms with Crippen LogP contribution in [0.3, 0.4) is 0 Å². The molecule has 1 heterocycles. The first-order valence-corrected chi connectivity index (χ1v) is 7.47. The SMILES string of the molecule is CC(C)(C#N)CCCCOc1ccc2c(c1)CCC(=O)N2. The highest BCUT2D eigenvalue weighted by atomic mass is 16.5. The molecule has 1 aliphatic rings. The van der Waals surface area contributed by atoms with E-state index in [1.165, 1.54) is 0 Å². The second-order valence-corrected chi connectivity index (χ2v) is 6.17. The lowest BCUT2D eigenvalue weighted by atomic mass is 9.89. The summed E-state index contributed by atoms with van der Waals surface area (Å²) in [5, 5.41) is 11.8. The van der Waals surface area contributed by atoms with Gasteiger partial charge < -0.3 is 10.1 Å². The van der Waals surface area contributed by atoms with E-state index in [-0.39, 0.29) is 11.3 Å². The number of carbonyl (C=O) groups excluding carboxylic acids is 1. The molecule has 0 aliphatic carbocycles. The first-order valence-electron chi connectivity index (χ1n) is 7.47. The number of unbranched alkanes of at least 4 members (excludes halogenated alkanes) is 1. The van der Waals surface area contributed by atoms with E-state index in [1.54, 1.807) is 0 Å². The van der Waals surface area contributed by atoms with Gasteiger partial charge in [0, 0.05) is 12.1 Å². The Morgan fingerprint density at radius 1 is 1.33 bits per heavy atom. The van der Waals surface area contributed by atoms with E-state index in [4.69, 9.17) is 10.00 Å². The smallest absolute Gasteiger partial charge is 0.224 e. The Morgan fingerprint density at radius 2 is 2.14 bits per heavy atom. The fourth-order valence-corrected chi connectivity index (χ4v) is 2.36. The zero-order valence-electron chi connectivity index (χ0n) is 12.7. The number of amides is 1. The third-order valence-electron chi connectivity index (χ3n) is 3.74. The molecule has 1 N–H and O–H groups in total. The van der Waals surface area contributed by atoms with Crippen LogP contribution in [0.15, 0.2) is 18.2 Å². The molecule has 1 amide bonds. The largest absolute Gasteiger partial charge is 0.494 e. The fraction of sp³-hybridized carbons (Fsp3) is 0.529. The number of benzene rings is 1. The molecule has 0 saturated carbocycles. The maximum atomic E-state index is 11.3. The standard InChI is InChI=1S/C17H22N2O2/c1-17(2,12-18)9-3-4-10-21-14-6-7-15-13(11-14)5-8-16(20)19-15/h6-7,11H,3-5,8-10H2,1-2H3,(H,19,20). The van der Waals surface area contributed by atoms with Crippen molar-refractivity contribution in [1.82, 2.24) is 0 Å². The molecule has 1 aromatic carbocycles. The molecule has 0 atom stereocenters. The predicted molar refractivity (Wildman–Crippen MR) is 82.1 cm³/mol. The predicted octanol–water partition coefficient (Wildman–Crippen LogP) is 3.67. The summed E-state index contributed by atoms with van der Waals surface area (Å²) in [5.74, 6) is 0.931. The maximum Gasteiger partial charge on any atom is 0.224 e. The highest BCUT2D eigenvalue weighted by Crippen LogP contribution is 2.27. The molecule has 1 aliphatic heterocycles. The summed E-state index contributed by atoms with van der Waals surface area (Å²) in [6, 6.07) is 8.12. The number of fused-ring (bicyclic) bond motifs is 1. The molecule has 2 rings (SSSR count). The van der Waals surface area contributed by atoms with Crippen LogP contribution in [0.2, 0.25) is 0 Å². The first kappa shape index (κ1) is 15.4. The van der Waals surface area contributed by atoms with E-state index >= 15 is 0 Å². The van der Waals surface area contributed by atoms with E-state index in [0.29, 0.717) is 13.0 Å². The third-order valence-corrected chi connectivity index (χ3v) is 3.74. The van der Waals surface area contributed by atoms with Gasteiger partial charge in [-0.2, -0.15) is 5.26 Å². The van der Waals surface area contributed by atoms with Crippen molar-refractivity contribution in [2.24, 2.45) is 5.41 Å². The molecule has 0 spiro atoms. The number of aryl methyl sites for hydroxylation is 1. The summed E-state index contributed by atoms with van der Waals surface area (Å²) in [4.78, 5) is 11.3. The number of nitriles is 1. The van der Waals surface area contributed by atoms with E-state index in [2.05, 4.69) is 11.4 Å². The molecule has 0 unspecified atom stereocenters. The molecule has 4 nitrogen and oxygen atoms in total. The lowest BCUT2D eigenvalue weighted by molar-refractivity contribution is -0.116. The minimum Gasteiger partial charge on any atom is -0.494 e. The average Bonchev–Trinajstić information content (AvgIpc) is 2.47. The summed E-state index contributed by atoms with van der Waals surface area (Å²) >= 11 is 0. The number of hydrogen-bond donors (Lipinski definition) is 1. The van der Waals surface area contributed by atoms with E-state index in [0.717, 1.165) is 42.7 Å². The summed E-state index contributed by atoms with van der Waals surface area (Å²) < 4.78 is 5.75. The second kappa shape index (κ2) is 6.62. The maximum absolute atomic E-state index is 11.3. The molecule has 4 heteroatoms. The van der Waals surface area contributed by atoms with Gasteiger partial charge in [0.15, 0.2) is 0 Å². The number of nitrogens with one attached hydrogen (secondary N) is 1. The summed E-state index contributed by atoms with van der Waals surface area (Å²) in [6.07, 6.45) is 4.14. The Bertz CT molecular complexity index is 558. The van der Waals surface area contributed by atoms with Crippen LogP contribution in [-0.4, -0.2) is 12.5 Å². The Morgan fingerprint density at radius 3 is 2.90 bits per heavy atom. The number of hydrogen-bond acceptors (Lipinski definition) is 3. The lowest BCUT2D eigenvalue weighted by Crippen LogP contribution is -2.18. The number of carbonyl (C=O) groups is 1. The minimum atomic E-state index is -0.246. The van der Waals surface area contributed by atoms with Gasteiger partial charge >= 0.3 is 0 Å². The molecular weight excluding hydrogens is 264 g/mol. The van der Waals surface area contributed by atoms with Crippen LogP contribution in [0.4, 0.5) is 5.69 Å². The van der Waals surface area contributed by atoms with Gasteiger partial charge in [-0.3, -0.25) is 4.79 Å². The minimum absolute atomic E-state index is 0.0799. The molecule has 0 radical (unpaired) electrons. The number of ether oxygens (including phenoxy) is 1. The van der Waals surface area contributed by atoms with Gasteiger partial charge in [-0.05, 0) is 63.3 Å². The molecule has 0 fully saturated rings. The van der Waals surface area contributed by atoms with E-state index < -0.39 is 0 Å². The third kappa shape index (κ3) is 4.49. The van der Waals surface area contributed by atoms with Crippen molar-refractivity contribution in [1.29, 1.82) is 5.26 Å². The molecule has 21 heavy (non-hydrogen) atoms. The highest BCUT2D eigenvalue weighted by molar-refractivity contribution is 5.93. The zero-order chi connectivity index (χ0) is 15.3. The Kier molecular flexibility index (Phi) is 4.85. The Hall–Kier alpha value is -2.02. The van der Waals surface area contributed by atoms with Gasteiger partial charge in [-0.15, -0.1) is 0 Å². The van der Waals surface area contributed by atoms with Crippen LogP contribution in [0.1, 0.15) is 45.1 Å². The molecule has 1 aromatic rings. The van der Waals surface area contributed by atoms with Crippen molar-refractivity contribution in [3.05, 3.63) is 23.8 Å². The van der Waals surface area contributed by atoms with Gasteiger partial charge in [-0.25, -0.2) is 0 Å². The van der Waals surface area contributed by atoms with Crippen molar-refractivity contribution in [2.75, 3.05) is 11.9 Å². The van der Waals surface area contributed by atoms with Gasteiger partial charge in [0.1, 0.15) is 5.75 Å². The van der Waals surface area contributed by atoms with E-state index in [9.17, 15) is 4.79 Å². The number of anilines is 1. The fourth-order valence-electron chi connectivity index (χ4n) is 2.36. The lowest BCUT2D eigenvalue weighted by Gasteiger charge is -2.18. The van der Waals surface area contributed by atoms with Crippen LogP contribution < -0.4 is 10.1 Å². The molecular formula is C17H22N2O2. The van der Waals surface area contributed by atoms with Crippen molar-refractivity contribution in [3.8, 4) is 11.8 Å². The van der Waals surface area contributed by atoms with Gasteiger partial charge in [0.25, 0.3) is 0 Å². The highest BCUT2D eigenvalue weighted by Gasteiger charge is 2.16. The summed E-state index contributed by atoms with van der Waals surface area (Å²) in [6.45, 7) is 4.59. The number of nitrogens with zero attached hydrogens (tertiary/aromatic N) is 1. The average molecular weight is 286 g/mol. The van der Waals surface area contributed by atoms with Crippen molar-refractivity contribution in [2.45, 2.75) is 46.0 Å².